The number of unbranched alkanes of at least 4 members (excludes halogenated alkanes) is 5. The van der Waals surface area contributed by atoms with E-state index < -0.39 is 0 Å². The van der Waals surface area contributed by atoms with Crippen molar-refractivity contribution in [2.24, 2.45) is 0 Å². The number of ether oxygens (including phenoxy) is 1. The Morgan fingerprint density at radius 2 is 1.68 bits per heavy atom. The van der Waals surface area contributed by atoms with Gasteiger partial charge in [-0.25, -0.2) is 0 Å². The lowest BCUT2D eigenvalue weighted by atomic mass is 10.1. The first-order valence-corrected chi connectivity index (χ1v) is 8.28. The molecular formula is C16H24ClN3O2. The summed E-state index contributed by atoms with van der Waals surface area (Å²) in [6.45, 7) is 2.72. The van der Waals surface area contributed by atoms with Gasteiger partial charge in [0.25, 0.3) is 0 Å². The normalized spacial score (nSPS) is 10.1. The number of para-hydroxylation sites is 2. The van der Waals surface area contributed by atoms with Crippen LogP contribution in [0.25, 0.3) is 11.0 Å². The Balaban J connectivity index is 0.000000231. The lowest BCUT2D eigenvalue weighted by Gasteiger charge is -2.02. The Morgan fingerprint density at radius 1 is 1.09 bits per heavy atom. The van der Waals surface area contributed by atoms with E-state index in [0.717, 1.165) is 23.9 Å². The van der Waals surface area contributed by atoms with Crippen LogP contribution in [0.5, 0.6) is 0 Å². The van der Waals surface area contributed by atoms with Crippen LogP contribution in [0.2, 0.25) is 0 Å². The first kappa shape index (κ1) is 18.4. The molecule has 0 atom stereocenters. The monoisotopic (exact) mass is 325 g/mol. The highest BCUT2D eigenvalue weighted by molar-refractivity contribution is 6.26. The summed E-state index contributed by atoms with van der Waals surface area (Å²) in [4.78, 5) is 10.6. The van der Waals surface area contributed by atoms with Gasteiger partial charge in [-0.2, -0.15) is 15.4 Å². The molecule has 0 saturated heterocycles. The number of fused-ring (bicyclic) bond motifs is 1. The molecule has 1 N–H and O–H groups in total. The smallest absolute Gasteiger partial charge is 0.320 e. The topological polar surface area (TPSA) is 67.9 Å². The van der Waals surface area contributed by atoms with Gasteiger partial charge >= 0.3 is 5.97 Å². The number of halogens is 1. The lowest BCUT2D eigenvalue weighted by Crippen LogP contribution is -2.06. The molecule has 0 spiro atoms. The van der Waals surface area contributed by atoms with Crippen LogP contribution in [-0.2, 0) is 9.53 Å². The van der Waals surface area contributed by atoms with Crippen LogP contribution >= 0.6 is 11.6 Å². The van der Waals surface area contributed by atoms with E-state index >= 15 is 0 Å². The molecule has 0 aliphatic carbocycles. The number of carbonyl (C=O) groups excluding carboxylic acids is 1. The van der Waals surface area contributed by atoms with Crippen LogP contribution in [0.15, 0.2) is 24.3 Å². The third-order valence-corrected chi connectivity index (χ3v) is 3.31. The van der Waals surface area contributed by atoms with Crippen molar-refractivity contribution in [3.63, 3.8) is 0 Å². The second-order valence-corrected chi connectivity index (χ2v) is 5.20. The minimum Gasteiger partial charge on any atom is -0.465 e. The van der Waals surface area contributed by atoms with E-state index in [9.17, 15) is 4.79 Å². The van der Waals surface area contributed by atoms with Crippen LogP contribution in [0.1, 0.15) is 45.4 Å². The van der Waals surface area contributed by atoms with Gasteiger partial charge in [-0.15, -0.1) is 11.6 Å². The third-order valence-electron chi connectivity index (χ3n) is 3.09. The van der Waals surface area contributed by atoms with Crippen molar-refractivity contribution in [2.75, 3.05) is 12.5 Å². The van der Waals surface area contributed by atoms with E-state index in [1.165, 1.54) is 25.7 Å². The van der Waals surface area contributed by atoms with Gasteiger partial charge in [-0.3, -0.25) is 4.79 Å². The minimum atomic E-state index is -0.310. The Hall–Kier alpha value is -1.62. The number of H-pyrrole nitrogens is 1. The molecule has 0 unspecified atom stereocenters. The van der Waals surface area contributed by atoms with Crippen LogP contribution < -0.4 is 0 Å². The van der Waals surface area contributed by atoms with E-state index in [1.54, 1.807) is 0 Å². The number of benzene rings is 1. The fourth-order valence-electron chi connectivity index (χ4n) is 1.89. The molecule has 1 aromatic carbocycles. The van der Waals surface area contributed by atoms with Gasteiger partial charge in [-0.1, -0.05) is 51.2 Å². The van der Waals surface area contributed by atoms with Gasteiger partial charge in [0.15, 0.2) is 0 Å². The zero-order valence-corrected chi connectivity index (χ0v) is 13.8. The molecule has 0 bridgehead atoms. The Kier molecular flexibility index (Phi) is 10.0. The van der Waals surface area contributed by atoms with E-state index in [-0.39, 0.29) is 11.8 Å². The third kappa shape index (κ3) is 7.98. The van der Waals surface area contributed by atoms with Crippen molar-refractivity contribution >= 4 is 28.6 Å². The average Bonchev–Trinajstić information content (AvgIpc) is 3.03. The molecule has 0 radical (unpaired) electrons. The van der Waals surface area contributed by atoms with Gasteiger partial charge in [0.1, 0.15) is 16.9 Å². The highest BCUT2D eigenvalue weighted by Gasteiger charge is 1.98. The van der Waals surface area contributed by atoms with Crippen molar-refractivity contribution < 1.29 is 9.53 Å². The number of hydrogen-bond donors (Lipinski definition) is 1. The number of nitrogens with zero attached hydrogens (tertiary/aromatic N) is 2. The average molecular weight is 326 g/mol. The zero-order valence-electron chi connectivity index (χ0n) is 13.1. The van der Waals surface area contributed by atoms with Crippen LogP contribution in [0, 0.1) is 0 Å². The molecule has 2 aromatic rings. The molecule has 22 heavy (non-hydrogen) atoms. The molecule has 5 nitrogen and oxygen atoms in total. The van der Waals surface area contributed by atoms with Gasteiger partial charge in [0, 0.05) is 0 Å². The fraction of sp³-hybridized carbons (Fsp3) is 0.562. The molecule has 0 amide bonds. The fourth-order valence-corrected chi connectivity index (χ4v) is 1.97. The quantitative estimate of drug-likeness (QED) is 0.451. The number of rotatable bonds is 8. The maximum atomic E-state index is 10.6. The van der Waals surface area contributed by atoms with Crippen molar-refractivity contribution in [3.05, 3.63) is 24.3 Å². The Labute approximate surface area is 136 Å². The van der Waals surface area contributed by atoms with Gasteiger partial charge in [-0.05, 0) is 18.6 Å². The van der Waals surface area contributed by atoms with E-state index in [2.05, 4.69) is 22.3 Å². The highest BCUT2D eigenvalue weighted by Crippen LogP contribution is 2.05. The molecule has 0 aliphatic heterocycles. The van der Waals surface area contributed by atoms with E-state index in [4.69, 9.17) is 16.3 Å². The molecular weight excluding hydrogens is 302 g/mol. The van der Waals surface area contributed by atoms with Crippen molar-refractivity contribution in [2.45, 2.75) is 45.4 Å². The second-order valence-electron chi connectivity index (χ2n) is 4.93. The maximum Gasteiger partial charge on any atom is 0.320 e. The number of aromatic nitrogens is 3. The summed E-state index contributed by atoms with van der Waals surface area (Å²) in [5.74, 6) is -0.342. The molecule has 0 saturated carbocycles. The molecule has 2 rings (SSSR count). The first-order chi connectivity index (χ1) is 10.8. The summed E-state index contributed by atoms with van der Waals surface area (Å²) in [5, 5.41) is 10.3. The summed E-state index contributed by atoms with van der Waals surface area (Å²) in [7, 11) is 0. The van der Waals surface area contributed by atoms with Gasteiger partial charge < -0.3 is 4.74 Å². The van der Waals surface area contributed by atoms with Crippen LogP contribution in [0.4, 0.5) is 0 Å². The molecule has 1 aromatic heterocycles. The van der Waals surface area contributed by atoms with Gasteiger partial charge in [0.05, 0.1) is 6.61 Å². The first-order valence-electron chi connectivity index (χ1n) is 7.75. The standard InChI is InChI=1S/C10H19ClO2.C6H5N3/c1-2-3-4-5-6-7-8-13-10(12)9-11;1-2-4-6-5(3-1)7-9-8-6/h2-9H2,1H3;1-4H,(H,7,8,9). The van der Waals surface area contributed by atoms with E-state index in [0.29, 0.717) is 6.61 Å². The molecule has 0 fully saturated rings. The maximum absolute atomic E-state index is 10.6. The predicted molar refractivity (Wildman–Crippen MR) is 88.9 cm³/mol. The summed E-state index contributed by atoms with van der Waals surface area (Å²) < 4.78 is 4.83. The largest absolute Gasteiger partial charge is 0.465 e. The number of alkyl halides is 1. The van der Waals surface area contributed by atoms with Crippen molar-refractivity contribution in [3.8, 4) is 0 Å². The summed E-state index contributed by atoms with van der Waals surface area (Å²) in [5.41, 5.74) is 1.83. The number of nitrogens with one attached hydrogen (secondary N) is 1. The molecule has 122 valence electrons. The van der Waals surface area contributed by atoms with E-state index in [1.807, 2.05) is 24.3 Å². The number of esters is 1. The minimum absolute atomic E-state index is 0.0319. The summed E-state index contributed by atoms with van der Waals surface area (Å²) in [6, 6.07) is 7.70. The SMILES string of the molecule is CCCCCCCCOC(=O)CCl.c1ccc2n[nH]nc2c1. The molecule has 0 aliphatic rings. The molecule has 6 heteroatoms. The number of aromatic amines is 1. The lowest BCUT2D eigenvalue weighted by molar-refractivity contribution is -0.140. The van der Waals surface area contributed by atoms with Crippen LogP contribution in [-0.4, -0.2) is 33.9 Å². The summed E-state index contributed by atoms with van der Waals surface area (Å²) >= 11 is 5.26. The Bertz CT molecular complexity index is 501. The Morgan fingerprint density at radius 3 is 2.27 bits per heavy atom. The van der Waals surface area contributed by atoms with Crippen molar-refractivity contribution in [1.82, 2.24) is 15.4 Å². The zero-order chi connectivity index (χ0) is 16.0. The summed E-state index contributed by atoms with van der Waals surface area (Å²) in [6.07, 6.45) is 7.22. The predicted octanol–water partition coefficient (Wildman–Crippen LogP) is 4.09. The molecule has 1 heterocycles. The highest BCUT2D eigenvalue weighted by atomic mass is 35.5. The second kappa shape index (κ2) is 12.0. The van der Waals surface area contributed by atoms with Gasteiger partial charge in [0.2, 0.25) is 0 Å². The number of carbonyl (C=O) groups is 1. The number of hydrogen-bond acceptors (Lipinski definition) is 4. The van der Waals surface area contributed by atoms with Crippen molar-refractivity contribution in [1.29, 1.82) is 0 Å². The van der Waals surface area contributed by atoms with Crippen LogP contribution in [0.3, 0.4) is 0 Å².